The van der Waals surface area contributed by atoms with E-state index in [-0.39, 0.29) is 0 Å². The Hall–Kier alpha value is -2.12. The van der Waals surface area contributed by atoms with Crippen LogP contribution >= 0.6 is 0 Å². The number of aromatic hydroxyl groups is 1. The van der Waals surface area contributed by atoms with Crippen molar-refractivity contribution in [3.63, 3.8) is 0 Å². The van der Waals surface area contributed by atoms with Crippen molar-refractivity contribution < 1.29 is 5.11 Å². The molecule has 1 aromatic heterocycles. The van der Waals surface area contributed by atoms with Gasteiger partial charge in [0.2, 0.25) is 0 Å². The number of aromatic nitrogens is 1. The smallest absolute Gasteiger partial charge is 0.116 e. The summed E-state index contributed by atoms with van der Waals surface area (Å²) >= 11 is 0. The fraction of sp³-hybridized carbons (Fsp3) is 0.214. The number of rotatable bonds is 3. The second-order valence-corrected chi connectivity index (χ2v) is 4.07. The van der Waals surface area contributed by atoms with Crippen molar-refractivity contribution >= 4 is 10.9 Å². The lowest BCUT2D eigenvalue weighted by molar-refractivity contribution is 0.446. The van der Waals surface area contributed by atoms with Crippen LogP contribution in [0.15, 0.2) is 42.3 Å². The topological polar surface area (TPSA) is 39.3 Å². The van der Waals surface area contributed by atoms with Gasteiger partial charge in [0.05, 0.1) is 6.54 Å². The molecular weight excluding hydrogens is 212 g/mol. The summed E-state index contributed by atoms with van der Waals surface area (Å²) in [6.45, 7) is 2.73. The molecule has 0 aliphatic heterocycles. The van der Waals surface area contributed by atoms with E-state index in [1.165, 1.54) is 0 Å². The van der Waals surface area contributed by atoms with Gasteiger partial charge in [-0.15, -0.1) is 5.73 Å². The second-order valence-electron chi connectivity index (χ2n) is 4.07. The van der Waals surface area contributed by atoms with Gasteiger partial charge >= 0.3 is 0 Å². The lowest BCUT2D eigenvalue weighted by Gasteiger charge is -2.10. The second kappa shape index (κ2) is 4.81. The van der Waals surface area contributed by atoms with E-state index in [9.17, 15) is 5.11 Å². The van der Waals surface area contributed by atoms with E-state index in [1.807, 2.05) is 37.2 Å². The van der Waals surface area contributed by atoms with E-state index in [1.54, 1.807) is 12.1 Å². The van der Waals surface area contributed by atoms with Gasteiger partial charge in [-0.25, -0.2) is 0 Å². The van der Waals surface area contributed by atoms with Gasteiger partial charge in [0, 0.05) is 29.8 Å². The third kappa shape index (κ3) is 2.71. The monoisotopic (exact) mass is 228 g/mol. The van der Waals surface area contributed by atoms with Crippen LogP contribution in [0.4, 0.5) is 0 Å². The molecule has 0 bridgehead atoms. The SMILES string of the molecule is CC=C=CN(C)Cc1cc2cc(O)ccc2[nH]1. The van der Waals surface area contributed by atoms with Crippen molar-refractivity contribution in [2.24, 2.45) is 0 Å². The van der Waals surface area contributed by atoms with Crippen LogP contribution in [-0.2, 0) is 6.54 Å². The van der Waals surface area contributed by atoms with Gasteiger partial charge in [0.25, 0.3) is 0 Å². The van der Waals surface area contributed by atoms with E-state index in [0.29, 0.717) is 5.75 Å². The van der Waals surface area contributed by atoms with E-state index in [0.717, 1.165) is 23.1 Å². The Bertz CT molecular complexity index is 577. The average Bonchev–Trinajstić information content (AvgIpc) is 2.67. The van der Waals surface area contributed by atoms with Crippen molar-refractivity contribution in [1.29, 1.82) is 0 Å². The Balaban J connectivity index is 2.22. The lowest BCUT2D eigenvalue weighted by Crippen LogP contribution is -2.09. The first-order chi connectivity index (χ1) is 8.19. The predicted molar refractivity (Wildman–Crippen MR) is 69.8 cm³/mol. The summed E-state index contributed by atoms with van der Waals surface area (Å²) in [5.74, 6) is 0.296. The summed E-state index contributed by atoms with van der Waals surface area (Å²) in [7, 11) is 2.00. The zero-order chi connectivity index (χ0) is 12.3. The molecule has 2 N–H and O–H groups in total. The number of H-pyrrole nitrogens is 1. The molecule has 3 nitrogen and oxygen atoms in total. The lowest BCUT2D eigenvalue weighted by atomic mass is 10.2. The predicted octanol–water partition coefficient (Wildman–Crippen LogP) is 2.99. The van der Waals surface area contributed by atoms with Crippen molar-refractivity contribution in [1.82, 2.24) is 9.88 Å². The van der Waals surface area contributed by atoms with E-state index in [4.69, 9.17) is 0 Å². The molecule has 2 aromatic rings. The minimum absolute atomic E-state index is 0.296. The highest BCUT2D eigenvalue weighted by Gasteiger charge is 2.02. The van der Waals surface area contributed by atoms with Crippen LogP contribution in [0.3, 0.4) is 0 Å². The number of fused-ring (bicyclic) bond motifs is 1. The largest absolute Gasteiger partial charge is 0.508 e. The molecule has 0 atom stereocenters. The highest BCUT2D eigenvalue weighted by molar-refractivity contribution is 5.81. The number of hydrogen-bond acceptors (Lipinski definition) is 2. The van der Waals surface area contributed by atoms with Gasteiger partial charge < -0.3 is 15.0 Å². The normalized spacial score (nSPS) is 10.0. The van der Waals surface area contributed by atoms with Gasteiger partial charge in [-0.05, 0) is 37.3 Å². The Kier molecular flexibility index (Phi) is 3.22. The zero-order valence-corrected chi connectivity index (χ0v) is 10.1. The van der Waals surface area contributed by atoms with E-state index in [2.05, 4.69) is 16.8 Å². The first-order valence-electron chi connectivity index (χ1n) is 5.57. The quantitative estimate of drug-likeness (QED) is 0.793. The van der Waals surface area contributed by atoms with Crippen LogP contribution in [0, 0.1) is 0 Å². The summed E-state index contributed by atoms with van der Waals surface area (Å²) in [4.78, 5) is 5.37. The summed E-state index contributed by atoms with van der Waals surface area (Å²) in [6, 6.07) is 7.38. The molecule has 0 radical (unpaired) electrons. The van der Waals surface area contributed by atoms with Crippen LogP contribution in [0.2, 0.25) is 0 Å². The van der Waals surface area contributed by atoms with Gasteiger partial charge in [-0.2, -0.15) is 0 Å². The van der Waals surface area contributed by atoms with Gasteiger partial charge in [0.15, 0.2) is 0 Å². The number of nitrogens with zero attached hydrogens (tertiary/aromatic N) is 1. The van der Waals surface area contributed by atoms with Crippen molar-refractivity contribution in [2.75, 3.05) is 7.05 Å². The Morgan fingerprint density at radius 3 is 3.00 bits per heavy atom. The fourth-order valence-corrected chi connectivity index (χ4v) is 1.78. The Morgan fingerprint density at radius 2 is 2.24 bits per heavy atom. The first-order valence-corrected chi connectivity index (χ1v) is 5.57. The summed E-state index contributed by atoms with van der Waals surface area (Å²) in [5, 5.41) is 10.4. The molecule has 0 fully saturated rings. The van der Waals surface area contributed by atoms with Crippen LogP contribution in [0.5, 0.6) is 5.75 Å². The van der Waals surface area contributed by atoms with Gasteiger partial charge in [0.1, 0.15) is 5.75 Å². The average molecular weight is 228 g/mol. The van der Waals surface area contributed by atoms with Crippen molar-refractivity contribution in [3.05, 3.63) is 48.0 Å². The van der Waals surface area contributed by atoms with Gasteiger partial charge in [-0.1, -0.05) is 0 Å². The maximum Gasteiger partial charge on any atom is 0.116 e. The van der Waals surface area contributed by atoms with Gasteiger partial charge in [-0.3, -0.25) is 0 Å². The Labute approximate surface area is 101 Å². The fourth-order valence-electron chi connectivity index (χ4n) is 1.78. The molecule has 88 valence electrons. The standard InChI is InChI=1S/C14H16N2O/c1-3-4-7-16(2)10-12-8-11-9-13(17)5-6-14(11)15-12/h3,5-9,15,17H,10H2,1-2H3. The Morgan fingerprint density at radius 1 is 1.41 bits per heavy atom. The first kappa shape index (κ1) is 11.4. The van der Waals surface area contributed by atoms with Crippen LogP contribution in [0.1, 0.15) is 12.6 Å². The molecule has 0 spiro atoms. The van der Waals surface area contributed by atoms with Crippen LogP contribution in [0.25, 0.3) is 10.9 Å². The molecular formula is C14H16N2O. The summed E-state index contributed by atoms with van der Waals surface area (Å²) in [6.07, 6.45) is 3.78. The highest BCUT2D eigenvalue weighted by atomic mass is 16.3. The molecule has 1 aromatic carbocycles. The van der Waals surface area contributed by atoms with Crippen LogP contribution in [-0.4, -0.2) is 22.0 Å². The molecule has 2 rings (SSSR count). The minimum atomic E-state index is 0.296. The molecule has 0 amide bonds. The third-order valence-electron chi connectivity index (χ3n) is 2.54. The molecule has 0 saturated carbocycles. The molecule has 3 heteroatoms. The maximum atomic E-state index is 9.39. The molecule has 1 heterocycles. The number of nitrogens with one attached hydrogen (secondary N) is 1. The maximum absolute atomic E-state index is 9.39. The number of hydrogen-bond donors (Lipinski definition) is 2. The molecule has 17 heavy (non-hydrogen) atoms. The third-order valence-corrected chi connectivity index (χ3v) is 2.54. The molecule has 0 saturated heterocycles. The molecule has 0 unspecified atom stereocenters. The number of phenolic OH excluding ortho intramolecular Hbond substituents is 1. The van der Waals surface area contributed by atoms with Crippen molar-refractivity contribution in [2.45, 2.75) is 13.5 Å². The molecule has 0 aliphatic carbocycles. The summed E-state index contributed by atoms with van der Waals surface area (Å²) in [5.41, 5.74) is 5.19. The van der Waals surface area contributed by atoms with Crippen molar-refractivity contribution in [3.8, 4) is 5.75 Å². The highest BCUT2D eigenvalue weighted by Crippen LogP contribution is 2.21. The number of phenols is 1. The number of benzene rings is 1. The van der Waals surface area contributed by atoms with Crippen LogP contribution < -0.4 is 0 Å². The molecule has 0 aliphatic rings. The zero-order valence-electron chi connectivity index (χ0n) is 10.1. The van der Waals surface area contributed by atoms with E-state index < -0.39 is 0 Å². The number of allylic oxidation sites excluding steroid dienone is 1. The minimum Gasteiger partial charge on any atom is -0.508 e. The summed E-state index contributed by atoms with van der Waals surface area (Å²) < 4.78 is 0. The van der Waals surface area contributed by atoms with E-state index >= 15 is 0 Å². The number of aromatic amines is 1.